The van der Waals surface area contributed by atoms with Crippen LogP contribution in [0.2, 0.25) is 0 Å². The number of carbonyl (C=O) groups is 2. The molecule has 0 radical (unpaired) electrons. The number of benzene rings is 2. The van der Waals surface area contributed by atoms with E-state index in [1.54, 1.807) is 0 Å². The molecule has 0 amide bonds. The molecule has 5 heterocycles. The quantitative estimate of drug-likeness (QED) is 0.150. The third kappa shape index (κ3) is 7.59. The van der Waals surface area contributed by atoms with Crippen LogP contribution >= 0.6 is 11.8 Å². The van der Waals surface area contributed by atoms with Crippen molar-refractivity contribution in [1.29, 1.82) is 0 Å². The lowest BCUT2D eigenvalue weighted by molar-refractivity contribution is -0.956. The number of esters is 1. The fourth-order valence-corrected chi connectivity index (χ4v) is 10.6. The number of ether oxygens (including phenoxy) is 4. The van der Waals surface area contributed by atoms with Crippen molar-refractivity contribution in [1.82, 2.24) is 0 Å². The first-order valence-corrected chi connectivity index (χ1v) is 18.8. The number of thioether (sulfide) groups is 1. The average Bonchev–Trinajstić information content (AvgIpc) is 3.67. The smallest absolute Gasteiger partial charge is 0.348 e. The number of quaternary nitrogens is 1. The maximum Gasteiger partial charge on any atom is 0.348 e. The van der Waals surface area contributed by atoms with E-state index in [2.05, 4.69) is 0 Å². The third-order valence-corrected chi connectivity index (χ3v) is 12.9. The van der Waals surface area contributed by atoms with E-state index < -0.39 is 12.1 Å². The van der Waals surface area contributed by atoms with Crippen LogP contribution in [0.15, 0.2) is 60.7 Å². The Bertz CT molecular complexity index is 1210. The van der Waals surface area contributed by atoms with Crippen molar-refractivity contribution in [3.8, 4) is 0 Å². The molecule has 5 aliphatic heterocycles. The molecule has 0 saturated carbocycles. The van der Waals surface area contributed by atoms with Crippen LogP contribution < -0.4 is 5.11 Å². The third-order valence-electron chi connectivity index (χ3n) is 11.5. The normalized spacial score (nSPS) is 26.7. The molecule has 256 valence electrons. The van der Waals surface area contributed by atoms with Crippen LogP contribution in [0.1, 0.15) is 75.3 Å². The molecule has 2 bridgehead atoms. The number of carboxylic acid groups (broad SMARTS) is 1. The number of piperidine rings is 1. The first-order valence-electron chi connectivity index (χ1n) is 17.8. The van der Waals surface area contributed by atoms with Gasteiger partial charge in [0.25, 0.3) is 0 Å². The molecule has 7 rings (SSSR count). The van der Waals surface area contributed by atoms with Gasteiger partial charge in [-0.3, -0.25) is 0 Å². The lowest BCUT2D eigenvalue weighted by Crippen LogP contribution is -2.60. The Morgan fingerprint density at radius 1 is 0.851 bits per heavy atom. The molecule has 3 atom stereocenters. The average molecular weight is 666 g/mol. The van der Waals surface area contributed by atoms with Crippen LogP contribution in [0.5, 0.6) is 0 Å². The second-order valence-corrected chi connectivity index (χ2v) is 15.1. The number of carbonyl (C=O) groups excluding carboxylic acids is 2. The van der Waals surface area contributed by atoms with Gasteiger partial charge in [-0.25, -0.2) is 4.79 Å². The molecular formula is C38H51NO7S. The Morgan fingerprint density at radius 3 is 1.89 bits per heavy atom. The Balaban J connectivity index is 0.00000124. The molecule has 2 aromatic rings. The molecule has 0 aromatic heterocycles. The van der Waals surface area contributed by atoms with Gasteiger partial charge in [-0.15, -0.1) is 11.8 Å². The lowest BCUT2D eigenvalue weighted by Gasteiger charge is -2.47. The summed E-state index contributed by atoms with van der Waals surface area (Å²) in [6, 6.07) is 21.5. The van der Waals surface area contributed by atoms with Crippen molar-refractivity contribution in [3.05, 3.63) is 71.8 Å². The van der Waals surface area contributed by atoms with E-state index in [0.717, 1.165) is 81.8 Å². The topological polar surface area (TPSA) is 94.1 Å². The molecule has 0 aliphatic carbocycles. The minimum atomic E-state index is -1.34. The predicted molar refractivity (Wildman–Crippen MR) is 179 cm³/mol. The maximum atomic E-state index is 15.0. The van der Waals surface area contributed by atoms with E-state index in [1.807, 2.05) is 72.4 Å². The van der Waals surface area contributed by atoms with E-state index in [0.29, 0.717) is 23.9 Å². The highest BCUT2D eigenvalue weighted by molar-refractivity contribution is 7.99. The first-order chi connectivity index (χ1) is 23.1. The fourth-order valence-electron chi connectivity index (χ4n) is 9.05. The van der Waals surface area contributed by atoms with Gasteiger partial charge in [0, 0.05) is 71.4 Å². The van der Waals surface area contributed by atoms with Gasteiger partial charge in [0.1, 0.15) is 11.5 Å². The summed E-state index contributed by atoms with van der Waals surface area (Å²) in [7, 11) is 0. The van der Waals surface area contributed by atoms with E-state index in [1.165, 1.54) is 43.3 Å². The van der Waals surface area contributed by atoms with Crippen LogP contribution in [-0.2, 0) is 34.1 Å². The van der Waals surface area contributed by atoms with Crippen LogP contribution in [0.25, 0.3) is 0 Å². The number of nitrogens with zero attached hydrogens (tertiary/aromatic N) is 1. The van der Waals surface area contributed by atoms with Gasteiger partial charge < -0.3 is 33.3 Å². The Morgan fingerprint density at radius 2 is 1.36 bits per heavy atom. The molecule has 47 heavy (non-hydrogen) atoms. The minimum Gasteiger partial charge on any atom is -0.554 e. The minimum absolute atomic E-state index is 0.0591. The Hall–Kier alpha value is -2.43. The summed E-state index contributed by atoms with van der Waals surface area (Å²) < 4.78 is 26.8. The Labute approximate surface area is 284 Å². The van der Waals surface area contributed by atoms with Gasteiger partial charge in [0.2, 0.25) is 5.60 Å². The zero-order chi connectivity index (χ0) is 32.5. The molecule has 5 aliphatic rings. The molecule has 9 heteroatoms. The van der Waals surface area contributed by atoms with Crippen molar-refractivity contribution in [2.24, 2.45) is 11.8 Å². The van der Waals surface area contributed by atoms with Crippen molar-refractivity contribution >= 4 is 24.2 Å². The predicted octanol–water partition coefficient (Wildman–Crippen LogP) is 5.07. The van der Waals surface area contributed by atoms with Crippen LogP contribution in [0.3, 0.4) is 0 Å². The SMILES string of the molecule is O=C(OC1CC2CCC(C1)[N+]21CCCC1)C(OC(SCC1CCOCC1)C1CCOCC1)(c1ccccc1)c1ccccc1.O=C[O-]. The summed E-state index contributed by atoms with van der Waals surface area (Å²) in [6.07, 6.45) is 11.2. The molecule has 1 spiro atoms. The zero-order valence-electron chi connectivity index (χ0n) is 27.5. The molecule has 3 unspecified atom stereocenters. The Kier molecular flexibility index (Phi) is 12.0. The second-order valence-electron chi connectivity index (χ2n) is 14.0. The van der Waals surface area contributed by atoms with Crippen molar-refractivity contribution in [3.63, 3.8) is 0 Å². The van der Waals surface area contributed by atoms with Crippen LogP contribution in [-0.4, -0.2) is 85.8 Å². The van der Waals surface area contributed by atoms with Gasteiger partial charge in [-0.05, 0) is 54.4 Å². The van der Waals surface area contributed by atoms with Crippen molar-refractivity contribution in [2.45, 2.75) is 93.4 Å². The highest BCUT2D eigenvalue weighted by Gasteiger charge is 2.57. The van der Waals surface area contributed by atoms with Gasteiger partial charge in [-0.1, -0.05) is 60.7 Å². The summed E-state index contributed by atoms with van der Waals surface area (Å²) in [6.45, 7) is 5.27. The van der Waals surface area contributed by atoms with Crippen LogP contribution in [0, 0.1) is 11.8 Å². The highest BCUT2D eigenvalue weighted by atomic mass is 32.2. The largest absolute Gasteiger partial charge is 0.554 e. The number of hydrogen-bond acceptors (Lipinski definition) is 8. The molecule has 0 N–H and O–H groups in total. The van der Waals surface area contributed by atoms with E-state index in [9.17, 15) is 0 Å². The summed E-state index contributed by atoms with van der Waals surface area (Å²) >= 11 is 1.89. The van der Waals surface area contributed by atoms with Crippen LogP contribution in [0.4, 0.5) is 0 Å². The summed E-state index contributed by atoms with van der Waals surface area (Å²) in [4.78, 5) is 23.3. The standard InChI is InChI=1S/C37H50NO5S.CH2O2/c39-36(42-34-25-32-13-14-33(26-34)38(32)19-7-8-20-38)37(30-9-3-1-4-10-30,31-11-5-2-6-12-31)43-35(29-17-23-41-24-18-29)44-27-28-15-21-40-22-16-28;2-1-3/h1-6,9-12,28-29,32-35H,7-8,13-27H2;1H,(H,2,3)/q+1;/p-1. The monoisotopic (exact) mass is 665 g/mol. The summed E-state index contributed by atoms with van der Waals surface area (Å²) in [5, 5.41) is 8.25. The maximum absolute atomic E-state index is 15.0. The fraction of sp³-hybridized carbons (Fsp3) is 0.632. The summed E-state index contributed by atoms with van der Waals surface area (Å²) in [5.41, 5.74) is 0.198. The lowest BCUT2D eigenvalue weighted by atomic mass is 9.85. The van der Waals surface area contributed by atoms with E-state index in [-0.39, 0.29) is 17.5 Å². The number of hydrogen-bond donors (Lipinski definition) is 0. The summed E-state index contributed by atoms with van der Waals surface area (Å²) in [5.74, 6) is 1.66. The molecule has 5 saturated heterocycles. The van der Waals surface area contributed by atoms with E-state index in [4.69, 9.17) is 28.8 Å². The molecule has 5 fully saturated rings. The van der Waals surface area contributed by atoms with Gasteiger partial charge in [0.15, 0.2) is 0 Å². The highest BCUT2D eigenvalue weighted by Crippen LogP contribution is 2.48. The van der Waals surface area contributed by atoms with Gasteiger partial charge >= 0.3 is 5.97 Å². The van der Waals surface area contributed by atoms with E-state index >= 15 is 4.79 Å². The van der Waals surface area contributed by atoms with Crippen molar-refractivity contribution < 1.29 is 38.1 Å². The molecule has 8 nitrogen and oxygen atoms in total. The molecule has 2 aromatic carbocycles. The van der Waals surface area contributed by atoms with Gasteiger partial charge in [-0.2, -0.15) is 0 Å². The second kappa shape index (κ2) is 16.3. The molecular weight excluding hydrogens is 614 g/mol. The first kappa shape index (κ1) is 34.4. The number of rotatable bonds is 10. The zero-order valence-corrected chi connectivity index (χ0v) is 28.4. The van der Waals surface area contributed by atoms with Crippen molar-refractivity contribution in [2.75, 3.05) is 45.3 Å². The van der Waals surface area contributed by atoms with Gasteiger partial charge in [0.05, 0.1) is 25.2 Å².